The van der Waals surface area contributed by atoms with Gasteiger partial charge in [-0.3, -0.25) is 9.59 Å². The molecule has 2 amide bonds. The van der Waals surface area contributed by atoms with Crippen LogP contribution in [0.25, 0.3) is 0 Å². The number of likely N-dealkylation sites (tertiary alicyclic amines) is 1. The first-order chi connectivity index (χ1) is 14.0. The summed E-state index contributed by atoms with van der Waals surface area (Å²) in [4.78, 5) is 30.0. The summed E-state index contributed by atoms with van der Waals surface area (Å²) in [5.41, 5.74) is 3.17. The molecule has 0 saturated carbocycles. The van der Waals surface area contributed by atoms with Crippen molar-refractivity contribution in [1.29, 1.82) is 0 Å². The maximum absolute atomic E-state index is 13.2. The van der Waals surface area contributed by atoms with E-state index in [1.807, 2.05) is 79.3 Å². The predicted octanol–water partition coefficient (Wildman–Crippen LogP) is 4.51. The molecule has 1 unspecified atom stereocenters. The second-order valence-electron chi connectivity index (χ2n) is 7.84. The van der Waals surface area contributed by atoms with Crippen LogP contribution < -0.4 is 10.2 Å². The summed E-state index contributed by atoms with van der Waals surface area (Å²) in [5, 5.41) is 3.03. The molecule has 0 bridgehead atoms. The van der Waals surface area contributed by atoms with Crippen LogP contribution in [0.15, 0.2) is 48.5 Å². The molecule has 29 heavy (non-hydrogen) atoms. The van der Waals surface area contributed by atoms with E-state index in [0.717, 1.165) is 37.2 Å². The molecule has 154 valence electrons. The van der Waals surface area contributed by atoms with Crippen molar-refractivity contribution >= 4 is 23.2 Å². The third kappa shape index (κ3) is 4.97. The molecule has 0 radical (unpaired) electrons. The van der Waals surface area contributed by atoms with Crippen LogP contribution in [-0.4, -0.2) is 43.9 Å². The molecule has 1 aliphatic rings. The molecule has 2 aromatic rings. The first-order valence-electron chi connectivity index (χ1n) is 10.5. The number of benzene rings is 2. The van der Waals surface area contributed by atoms with Gasteiger partial charge < -0.3 is 15.1 Å². The molecule has 1 fully saturated rings. The van der Waals surface area contributed by atoms with Gasteiger partial charge in [0.05, 0.1) is 11.5 Å². The van der Waals surface area contributed by atoms with Crippen molar-refractivity contribution < 1.29 is 9.59 Å². The number of carbonyl (C=O) groups excluding carboxylic acids is 2. The van der Waals surface area contributed by atoms with Gasteiger partial charge in [-0.05, 0) is 49.4 Å². The Kier molecular flexibility index (Phi) is 6.91. The Hall–Kier alpha value is -2.82. The van der Waals surface area contributed by atoms with Crippen LogP contribution in [0.3, 0.4) is 0 Å². The Morgan fingerprint density at radius 1 is 1.03 bits per heavy atom. The summed E-state index contributed by atoms with van der Waals surface area (Å²) in [7, 11) is 3.87. The van der Waals surface area contributed by atoms with Gasteiger partial charge in [-0.15, -0.1) is 0 Å². The number of rotatable bonds is 6. The lowest BCUT2D eigenvalue weighted by Gasteiger charge is -2.29. The van der Waals surface area contributed by atoms with Crippen molar-refractivity contribution in [2.75, 3.05) is 37.4 Å². The number of carbonyl (C=O) groups is 2. The van der Waals surface area contributed by atoms with Crippen molar-refractivity contribution in [3.8, 4) is 0 Å². The number of piperidine rings is 1. The van der Waals surface area contributed by atoms with Gasteiger partial charge in [0.15, 0.2) is 0 Å². The summed E-state index contributed by atoms with van der Waals surface area (Å²) in [5.74, 6) is -0.224. The second-order valence-corrected chi connectivity index (χ2v) is 7.84. The van der Waals surface area contributed by atoms with E-state index < -0.39 is 0 Å². The van der Waals surface area contributed by atoms with Gasteiger partial charge in [-0.25, -0.2) is 0 Å². The summed E-state index contributed by atoms with van der Waals surface area (Å²) in [6.07, 6.45) is 3.99. The third-order valence-corrected chi connectivity index (χ3v) is 5.55. The van der Waals surface area contributed by atoms with Crippen molar-refractivity contribution in [3.63, 3.8) is 0 Å². The van der Waals surface area contributed by atoms with Crippen molar-refractivity contribution in [3.05, 3.63) is 59.7 Å². The third-order valence-electron chi connectivity index (χ3n) is 5.55. The zero-order valence-electron chi connectivity index (χ0n) is 17.6. The van der Waals surface area contributed by atoms with E-state index in [2.05, 4.69) is 5.32 Å². The van der Waals surface area contributed by atoms with E-state index >= 15 is 0 Å². The predicted molar refractivity (Wildman–Crippen MR) is 119 cm³/mol. The summed E-state index contributed by atoms with van der Waals surface area (Å²) in [6, 6.07) is 15.4. The molecule has 0 aromatic heterocycles. The number of nitrogens with one attached hydrogen (secondary N) is 1. The molecule has 5 nitrogen and oxygen atoms in total. The topological polar surface area (TPSA) is 52.7 Å². The van der Waals surface area contributed by atoms with E-state index in [1.54, 1.807) is 0 Å². The van der Waals surface area contributed by atoms with Crippen LogP contribution in [0.4, 0.5) is 11.4 Å². The standard InChI is InChI=1S/C24H31N3O2/c1-4-20(18-11-7-5-8-12-18)23(28)25-19-13-14-22(26(2)3)21(17-19)24(29)27-15-9-6-10-16-27/h5,7-8,11-14,17,20H,4,6,9-10,15-16H2,1-3H3,(H,25,28). The highest BCUT2D eigenvalue weighted by atomic mass is 16.2. The van der Waals surface area contributed by atoms with Crippen molar-refractivity contribution in [1.82, 2.24) is 4.90 Å². The van der Waals surface area contributed by atoms with Gasteiger partial charge in [-0.2, -0.15) is 0 Å². The molecule has 2 aromatic carbocycles. The smallest absolute Gasteiger partial charge is 0.256 e. The molecule has 1 saturated heterocycles. The SMILES string of the molecule is CCC(C(=O)Nc1ccc(N(C)C)c(C(=O)N2CCCCC2)c1)c1ccccc1. The maximum Gasteiger partial charge on any atom is 0.256 e. The van der Waals surface area contributed by atoms with Crippen LogP contribution in [-0.2, 0) is 4.79 Å². The Morgan fingerprint density at radius 2 is 1.72 bits per heavy atom. The van der Waals surface area contributed by atoms with Crippen molar-refractivity contribution in [2.45, 2.75) is 38.5 Å². The van der Waals surface area contributed by atoms with Crippen LogP contribution in [0.2, 0.25) is 0 Å². The number of hydrogen-bond acceptors (Lipinski definition) is 3. The highest BCUT2D eigenvalue weighted by Gasteiger charge is 2.23. The van der Waals surface area contributed by atoms with E-state index in [1.165, 1.54) is 6.42 Å². The zero-order valence-corrected chi connectivity index (χ0v) is 17.6. The van der Waals surface area contributed by atoms with Gasteiger partial charge in [0.2, 0.25) is 5.91 Å². The second kappa shape index (κ2) is 9.59. The minimum atomic E-state index is -0.217. The lowest BCUT2D eigenvalue weighted by Crippen LogP contribution is -2.36. The first kappa shape index (κ1) is 20.9. The van der Waals surface area contributed by atoms with Gasteiger partial charge >= 0.3 is 0 Å². The highest BCUT2D eigenvalue weighted by Crippen LogP contribution is 2.27. The number of amides is 2. The highest BCUT2D eigenvalue weighted by molar-refractivity contribution is 6.02. The Labute approximate surface area is 173 Å². The number of hydrogen-bond donors (Lipinski definition) is 1. The molecule has 5 heteroatoms. The monoisotopic (exact) mass is 393 g/mol. The van der Waals surface area contributed by atoms with Gasteiger partial charge in [-0.1, -0.05) is 37.3 Å². The molecule has 3 rings (SSSR count). The first-order valence-corrected chi connectivity index (χ1v) is 10.5. The lowest BCUT2D eigenvalue weighted by molar-refractivity contribution is -0.117. The fourth-order valence-corrected chi connectivity index (χ4v) is 3.93. The quantitative estimate of drug-likeness (QED) is 0.786. The normalized spacial score (nSPS) is 14.9. The fraction of sp³-hybridized carbons (Fsp3) is 0.417. The Bertz CT molecular complexity index is 842. The minimum absolute atomic E-state index is 0.0413. The average Bonchev–Trinajstić information content (AvgIpc) is 2.75. The maximum atomic E-state index is 13.2. The number of anilines is 2. The van der Waals surface area contributed by atoms with Gasteiger partial charge in [0.25, 0.3) is 5.91 Å². The zero-order chi connectivity index (χ0) is 20.8. The number of nitrogens with zero attached hydrogens (tertiary/aromatic N) is 2. The van der Waals surface area contributed by atoms with Crippen LogP contribution >= 0.6 is 0 Å². The van der Waals surface area contributed by atoms with E-state index in [0.29, 0.717) is 17.7 Å². The van der Waals surface area contributed by atoms with E-state index in [9.17, 15) is 9.59 Å². The average molecular weight is 394 g/mol. The molecule has 0 spiro atoms. The molecule has 1 atom stereocenters. The largest absolute Gasteiger partial charge is 0.377 e. The summed E-state index contributed by atoms with van der Waals surface area (Å²) >= 11 is 0. The van der Waals surface area contributed by atoms with Crippen LogP contribution in [0.1, 0.15) is 54.4 Å². The van der Waals surface area contributed by atoms with Crippen molar-refractivity contribution in [2.24, 2.45) is 0 Å². The minimum Gasteiger partial charge on any atom is -0.377 e. The summed E-state index contributed by atoms with van der Waals surface area (Å²) in [6.45, 7) is 3.61. The van der Waals surface area contributed by atoms with Gasteiger partial charge in [0.1, 0.15) is 0 Å². The molecule has 1 N–H and O–H groups in total. The lowest BCUT2D eigenvalue weighted by atomic mass is 9.95. The summed E-state index contributed by atoms with van der Waals surface area (Å²) < 4.78 is 0. The molecule has 0 aliphatic carbocycles. The van der Waals surface area contributed by atoms with Crippen LogP contribution in [0, 0.1) is 0 Å². The van der Waals surface area contributed by atoms with E-state index in [4.69, 9.17) is 0 Å². The van der Waals surface area contributed by atoms with E-state index in [-0.39, 0.29) is 17.7 Å². The Morgan fingerprint density at radius 3 is 2.34 bits per heavy atom. The molecule has 1 aliphatic heterocycles. The molecular formula is C24H31N3O2. The van der Waals surface area contributed by atoms with Crippen LogP contribution in [0.5, 0.6) is 0 Å². The van der Waals surface area contributed by atoms with Gasteiger partial charge in [0, 0.05) is 38.6 Å². The fourth-order valence-electron chi connectivity index (χ4n) is 3.93. The Balaban J connectivity index is 1.84. The molecular weight excluding hydrogens is 362 g/mol. The molecule has 1 heterocycles.